The molecule has 3 nitrogen and oxygen atoms in total. The molecule has 2 rings (SSSR count). The van der Waals surface area contributed by atoms with Crippen LogP contribution in [0.3, 0.4) is 0 Å². The van der Waals surface area contributed by atoms with E-state index in [2.05, 4.69) is 64.9 Å². The van der Waals surface area contributed by atoms with E-state index in [1.807, 2.05) is 19.4 Å². The monoisotopic (exact) mass is 371 g/mol. The summed E-state index contributed by atoms with van der Waals surface area (Å²) >= 11 is 6.98. The van der Waals surface area contributed by atoms with E-state index in [-0.39, 0.29) is 0 Å². The summed E-state index contributed by atoms with van der Waals surface area (Å²) in [5, 5.41) is 3.42. The van der Waals surface area contributed by atoms with Crippen LogP contribution in [0.25, 0.3) is 0 Å². The van der Waals surface area contributed by atoms with Gasteiger partial charge in [-0.2, -0.15) is 0 Å². The lowest BCUT2D eigenvalue weighted by atomic mass is 10.2. The molecule has 0 unspecified atom stereocenters. The van der Waals surface area contributed by atoms with E-state index in [1.54, 1.807) is 0 Å². The molecule has 1 N–H and O–H groups in total. The zero-order valence-corrected chi connectivity index (χ0v) is 13.3. The van der Waals surface area contributed by atoms with Gasteiger partial charge in [-0.1, -0.05) is 6.07 Å². The van der Waals surface area contributed by atoms with Crippen LogP contribution in [0.2, 0.25) is 0 Å². The molecule has 0 atom stereocenters. The van der Waals surface area contributed by atoms with Crippen molar-refractivity contribution in [3.05, 3.63) is 50.9 Å². The third kappa shape index (κ3) is 3.67. The molecule has 1 heterocycles. The first kappa shape index (κ1) is 13.8. The predicted octanol–water partition coefficient (Wildman–Crippen LogP) is 3.28. The zero-order valence-electron chi connectivity index (χ0n) is 10.2. The number of halogens is 2. The minimum Gasteiger partial charge on any atom is -0.338 e. The summed E-state index contributed by atoms with van der Waals surface area (Å²) < 4.78 is 4.22. The lowest BCUT2D eigenvalue weighted by Gasteiger charge is -2.06. The van der Waals surface area contributed by atoms with E-state index in [1.165, 1.54) is 5.56 Å². The normalized spacial score (nSPS) is 10.8. The molecule has 1 aromatic carbocycles. The number of hydrogen-bond donors (Lipinski definition) is 1. The van der Waals surface area contributed by atoms with Crippen molar-refractivity contribution in [1.82, 2.24) is 14.9 Å². The minimum absolute atomic E-state index is 0.871. The van der Waals surface area contributed by atoms with Gasteiger partial charge >= 0.3 is 0 Å². The minimum atomic E-state index is 0.871. The molecule has 0 amide bonds. The van der Waals surface area contributed by atoms with Gasteiger partial charge in [0.15, 0.2) is 0 Å². The average Bonchev–Trinajstić information content (AvgIpc) is 2.75. The van der Waals surface area contributed by atoms with Gasteiger partial charge < -0.3 is 9.88 Å². The number of aromatic nitrogens is 2. The molecule has 0 saturated heterocycles. The van der Waals surface area contributed by atoms with Crippen molar-refractivity contribution in [2.75, 3.05) is 6.54 Å². The third-order valence-corrected chi connectivity index (χ3v) is 4.64. The van der Waals surface area contributed by atoms with E-state index < -0.39 is 0 Å². The van der Waals surface area contributed by atoms with Gasteiger partial charge in [0.1, 0.15) is 5.82 Å². The van der Waals surface area contributed by atoms with Gasteiger partial charge in [-0.3, -0.25) is 0 Å². The van der Waals surface area contributed by atoms with Crippen LogP contribution in [-0.4, -0.2) is 16.1 Å². The van der Waals surface area contributed by atoms with Crippen molar-refractivity contribution >= 4 is 31.9 Å². The highest BCUT2D eigenvalue weighted by atomic mass is 79.9. The van der Waals surface area contributed by atoms with Crippen molar-refractivity contribution in [2.24, 2.45) is 7.05 Å². The topological polar surface area (TPSA) is 29.9 Å². The van der Waals surface area contributed by atoms with Crippen LogP contribution in [0, 0.1) is 0 Å². The Kier molecular flexibility index (Phi) is 4.97. The highest BCUT2D eigenvalue weighted by molar-refractivity contribution is 9.13. The first-order chi connectivity index (χ1) is 8.66. The molecule has 0 aliphatic heterocycles. The summed E-state index contributed by atoms with van der Waals surface area (Å²) in [4.78, 5) is 4.30. The maximum atomic E-state index is 4.30. The van der Waals surface area contributed by atoms with Crippen molar-refractivity contribution in [3.63, 3.8) is 0 Å². The molecule has 0 radical (unpaired) electrons. The molecular weight excluding hydrogens is 358 g/mol. The third-order valence-electron chi connectivity index (χ3n) is 2.76. The van der Waals surface area contributed by atoms with E-state index in [9.17, 15) is 0 Å². The number of aryl methyl sites for hydroxylation is 1. The van der Waals surface area contributed by atoms with Crippen molar-refractivity contribution in [3.8, 4) is 0 Å². The zero-order chi connectivity index (χ0) is 13.0. The highest BCUT2D eigenvalue weighted by Gasteiger charge is 2.00. The summed E-state index contributed by atoms with van der Waals surface area (Å²) in [6, 6.07) is 6.29. The van der Waals surface area contributed by atoms with Crippen LogP contribution < -0.4 is 5.32 Å². The van der Waals surface area contributed by atoms with Gasteiger partial charge in [-0.15, -0.1) is 0 Å². The molecule has 0 aliphatic carbocycles. The van der Waals surface area contributed by atoms with Crippen LogP contribution in [0.4, 0.5) is 0 Å². The first-order valence-corrected chi connectivity index (χ1v) is 7.36. The molecule has 0 fully saturated rings. The molecular formula is C13H15Br2N3. The lowest BCUT2D eigenvalue weighted by Crippen LogP contribution is -2.18. The molecule has 96 valence electrons. The Hall–Kier alpha value is -0.650. The molecule has 0 saturated carbocycles. The molecule has 0 aliphatic rings. The Morgan fingerprint density at radius 2 is 2.11 bits per heavy atom. The molecule has 2 aromatic rings. The van der Waals surface area contributed by atoms with Gasteiger partial charge in [0.05, 0.1) is 0 Å². The molecule has 0 bridgehead atoms. The standard InChI is InChI=1S/C13H15Br2N3/c1-18-7-6-17-13(18)4-5-16-9-10-2-3-11(14)12(15)8-10/h2-3,6-8,16H,4-5,9H2,1H3. The second-order valence-corrected chi connectivity index (χ2v) is 5.84. The predicted molar refractivity (Wildman–Crippen MR) is 80.5 cm³/mol. The summed E-state index contributed by atoms with van der Waals surface area (Å²) in [6.07, 6.45) is 4.75. The number of nitrogens with zero attached hydrogens (tertiary/aromatic N) is 2. The smallest absolute Gasteiger partial charge is 0.109 e. The SMILES string of the molecule is Cn1ccnc1CCNCc1ccc(Br)c(Br)c1. The quantitative estimate of drug-likeness (QED) is 0.816. The summed E-state index contributed by atoms with van der Waals surface area (Å²) in [7, 11) is 2.02. The van der Waals surface area contributed by atoms with E-state index in [4.69, 9.17) is 0 Å². The number of benzene rings is 1. The molecule has 0 spiro atoms. The summed E-state index contributed by atoms with van der Waals surface area (Å²) in [5.74, 6) is 1.11. The van der Waals surface area contributed by atoms with Gasteiger partial charge in [0.25, 0.3) is 0 Å². The molecule has 18 heavy (non-hydrogen) atoms. The van der Waals surface area contributed by atoms with Gasteiger partial charge in [0.2, 0.25) is 0 Å². The van der Waals surface area contributed by atoms with Gasteiger partial charge in [0, 0.05) is 47.9 Å². The summed E-state index contributed by atoms with van der Waals surface area (Å²) in [5.41, 5.74) is 1.27. The van der Waals surface area contributed by atoms with E-state index in [0.717, 1.165) is 34.3 Å². The largest absolute Gasteiger partial charge is 0.338 e. The maximum Gasteiger partial charge on any atom is 0.109 e. The van der Waals surface area contributed by atoms with Crippen molar-refractivity contribution < 1.29 is 0 Å². The number of imidazole rings is 1. The van der Waals surface area contributed by atoms with Crippen molar-refractivity contribution in [1.29, 1.82) is 0 Å². The van der Waals surface area contributed by atoms with E-state index in [0.29, 0.717) is 0 Å². The van der Waals surface area contributed by atoms with Crippen LogP contribution in [-0.2, 0) is 20.0 Å². The van der Waals surface area contributed by atoms with Crippen molar-refractivity contribution in [2.45, 2.75) is 13.0 Å². The van der Waals surface area contributed by atoms with Crippen LogP contribution in [0.1, 0.15) is 11.4 Å². The Bertz CT molecular complexity index is 523. The fourth-order valence-electron chi connectivity index (χ4n) is 1.72. The number of nitrogens with one attached hydrogen (secondary N) is 1. The van der Waals surface area contributed by atoms with Crippen LogP contribution >= 0.6 is 31.9 Å². The summed E-state index contributed by atoms with van der Waals surface area (Å²) in [6.45, 7) is 1.80. The fraction of sp³-hybridized carbons (Fsp3) is 0.308. The van der Waals surface area contributed by atoms with Crippen LogP contribution in [0.5, 0.6) is 0 Å². The maximum absolute atomic E-state index is 4.30. The first-order valence-electron chi connectivity index (χ1n) is 5.77. The number of rotatable bonds is 5. The highest BCUT2D eigenvalue weighted by Crippen LogP contribution is 2.23. The average molecular weight is 373 g/mol. The second kappa shape index (κ2) is 6.50. The Morgan fingerprint density at radius 1 is 1.28 bits per heavy atom. The number of hydrogen-bond acceptors (Lipinski definition) is 2. The fourth-order valence-corrected chi connectivity index (χ4v) is 2.39. The van der Waals surface area contributed by atoms with Gasteiger partial charge in [-0.05, 0) is 49.6 Å². The Labute approximate surface area is 124 Å². The molecule has 5 heteroatoms. The van der Waals surface area contributed by atoms with Crippen LogP contribution in [0.15, 0.2) is 39.5 Å². The molecule has 1 aromatic heterocycles. The Morgan fingerprint density at radius 3 is 2.78 bits per heavy atom. The second-order valence-electron chi connectivity index (χ2n) is 4.13. The van der Waals surface area contributed by atoms with Gasteiger partial charge in [-0.25, -0.2) is 4.98 Å². The Balaban J connectivity index is 1.78. The van der Waals surface area contributed by atoms with E-state index >= 15 is 0 Å². The lowest BCUT2D eigenvalue weighted by molar-refractivity contribution is 0.655.